The summed E-state index contributed by atoms with van der Waals surface area (Å²) in [4.78, 5) is 13.8. The van der Waals surface area contributed by atoms with Gasteiger partial charge in [-0.1, -0.05) is 12.8 Å². The van der Waals surface area contributed by atoms with Crippen LogP contribution in [0.4, 0.5) is 0 Å². The second-order valence-electron chi connectivity index (χ2n) is 4.56. The zero-order valence-corrected chi connectivity index (χ0v) is 8.41. The molecular weight excluding hydrogens is 180 g/mol. The Morgan fingerprint density at radius 1 is 1.43 bits per heavy atom. The molecule has 2 aliphatic rings. The molecule has 2 fully saturated rings. The minimum Gasteiger partial charge on any atom is -0.389 e. The summed E-state index contributed by atoms with van der Waals surface area (Å²) in [5.41, 5.74) is 5.42. The number of aliphatic hydroxyl groups excluding tert-OH is 1. The zero-order chi connectivity index (χ0) is 10.2. The van der Waals surface area contributed by atoms with Crippen molar-refractivity contribution < 1.29 is 9.90 Å². The molecule has 80 valence electrons. The van der Waals surface area contributed by atoms with Crippen molar-refractivity contribution in [3.05, 3.63) is 0 Å². The van der Waals surface area contributed by atoms with Crippen molar-refractivity contribution in [1.29, 1.82) is 0 Å². The molecule has 0 aromatic rings. The van der Waals surface area contributed by atoms with Gasteiger partial charge in [0.1, 0.15) is 0 Å². The second kappa shape index (κ2) is 3.51. The van der Waals surface area contributed by atoms with E-state index in [0.29, 0.717) is 19.6 Å². The van der Waals surface area contributed by atoms with Crippen LogP contribution in [-0.2, 0) is 4.79 Å². The van der Waals surface area contributed by atoms with E-state index in [1.165, 1.54) is 0 Å². The molecule has 3 N–H and O–H groups in total. The molecule has 4 heteroatoms. The van der Waals surface area contributed by atoms with E-state index in [-0.39, 0.29) is 17.4 Å². The van der Waals surface area contributed by atoms with Crippen LogP contribution < -0.4 is 5.73 Å². The van der Waals surface area contributed by atoms with Gasteiger partial charge >= 0.3 is 0 Å². The van der Waals surface area contributed by atoms with Crippen molar-refractivity contribution in [3.8, 4) is 0 Å². The largest absolute Gasteiger partial charge is 0.389 e. The summed E-state index contributed by atoms with van der Waals surface area (Å²) in [6.07, 6.45) is 3.76. The number of nitrogens with two attached hydrogens (primary N) is 1. The van der Waals surface area contributed by atoms with Crippen LogP contribution >= 0.6 is 0 Å². The maximum atomic E-state index is 12.1. The molecule has 1 saturated carbocycles. The smallest absolute Gasteiger partial charge is 0.230 e. The molecule has 4 nitrogen and oxygen atoms in total. The van der Waals surface area contributed by atoms with E-state index in [4.69, 9.17) is 10.8 Å². The van der Waals surface area contributed by atoms with Crippen LogP contribution in [0.3, 0.4) is 0 Å². The number of hydrogen-bond acceptors (Lipinski definition) is 3. The summed E-state index contributed by atoms with van der Waals surface area (Å²) in [5, 5.41) is 9.14. The Labute approximate surface area is 84.1 Å². The molecule has 14 heavy (non-hydrogen) atoms. The summed E-state index contributed by atoms with van der Waals surface area (Å²) < 4.78 is 0. The first-order valence-corrected chi connectivity index (χ1v) is 5.35. The van der Waals surface area contributed by atoms with Crippen molar-refractivity contribution in [1.82, 2.24) is 4.90 Å². The number of amides is 1. The Morgan fingerprint density at radius 2 is 2.00 bits per heavy atom. The number of aliphatic hydroxyl groups is 1. The van der Waals surface area contributed by atoms with Crippen LogP contribution in [-0.4, -0.2) is 41.7 Å². The first kappa shape index (κ1) is 9.93. The highest BCUT2D eigenvalue weighted by Crippen LogP contribution is 2.39. The van der Waals surface area contributed by atoms with E-state index >= 15 is 0 Å². The van der Waals surface area contributed by atoms with Gasteiger partial charge in [-0.15, -0.1) is 0 Å². The fraction of sp³-hybridized carbons (Fsp3) is 0.900. The van der Waals surface area contributed by atoms with Crippen molar-refractivity contribution in [2.24, 2.45) is 11.1 Å². The minimum atomic E-state index is -0.310. The SMILES string of the molecule is NCC1(C(=O)N2CC(O)C2)CCCC1. The monoisotopic (exact) mass is 198 g/mol. The number of carbonyl (C=O) groups is 1. The zero-order valence-electron chi connectivity index (χ0n) is 8.41. The fourth-order valence-electron chi connectivity index (χ4n) is 2.51. The van der Waals surface area contributed by atoms with Crippen LogP contribution in [0, 0.1) is 5.41 Å². The first-order valence-electron chi connectivity index (χ1n) is 5.35. The van der Waals surface area contributed by atoms with Gasteiger partial charge < -0.3 is 15.7 Å². The third-order valence-electron chi connectivity index (χ3n) is 3.55. The Kier molecular flexibility index (Phi) is 2.49. The predicted octanol–water partition coefficient (Wildman–Crippen LogP) is -0.291. The number of hydrogen-bond donors (Lipinski definition) is 2. The predicted molar refractivity (Wildman–Crippen MR) is 52.5 cm³/mol. The van der Waals surface area contributed by atoms with E-state index in [2.05, 4.69) is 0 Å². The molecule has 1 amide bonds. The lowest BCUT2D eigenvalue weighted by molar-refractivity contribution is -0.151. The topological polar surface area (TPSA) is 66.6 Å². The summed E-state index contributed by atoms with van der Waals surface area (Å²) in [7, 11) is 0. The third kappa shape index (κ3) is 1.42. The standard InChI is InChI=1S/C10H18N2O2/c11-7-10(3-1-2-4-10)9(14)12-5-8(13)6-12/h8,13H,1-7,11H2. The van der Waals surface area contributed by atoms with Gasteiger partial charge in [-0.05, 0) is 12.8 Å². The lowest BCUT2D eigenvalue weighted by Crippen LogP contribution is -2.58. The van der Waals surface area contributed by atoms with Crippen LogP contribution in [0.5, 0.6) is 0 Å². The van der Waals surface area contributed by atoms with Crippen molar-refractivity contribution >= 4 is 5.91 Å². The normalized spacial score (nSPS) is 26.3. The summed E-state index contributed by atoms with van der Waals surface area (Å²) in [6.45, 7) is 1.46. The molecular formula is C10H18N2O2. The molecule has 0 unspecified atom stereocenters. The van der Waals surface area contributed by atoms with E-state index < -0.39 is 0 Å². The Bertz CT molecular complexity index is 230. The molecule has 1 heterocycles. The molecule has 0 aromatic carbocycles. The Morgan fingerprint density at radius 3 is 2.43 bits per heavy atom. The first-order chi connectivity index (χ1) is 6.68. The van der Waals surface area contributed by atoms with Gasteiger partial charge in [0.15, 0.2) is 0 Å². The minimum absolute atomic E-state index is 0.169. The van der Waals surface area contributed by atoms with Crippen LogP contribution in [0.15, 0.2) is 0 Å². The number of likely N-dealkylation sites (tertiary alicyclic amines) is 1. The summed E-state index contributed by atoms with van der Waals surface area (Å²) in [6, 6.07) is 0. The number of nitrogens with zero attached hydrogens (tertiary/aromatic N) is 1. The highest BCUT2D eigenvalue weighted by Gasteiger charge is 2.45. The van der Waals surface area contributed by atoms with E-state index in [0.717, 1.165) is 25.7 Å². The quantitative estimate of drug-likeness (QED) is 0.640. The van der Waals surface area contributed by atoms with Gasteiger partial charge in [0.05, 0.1) is 11.5 Å². The molecule has 1 aliphatic heterocycles. The lowest BCUT2D eigenvalue weighted by Gasteiger charge is -2.41. The summed E-state index contributed by atoms with van der Waals surface area (Å²) in [5.74, 6) is 0.169. The van der Waals surface area contributed by atoms with Gasteiger partial charge in [0, 0.05) is 19.6 Å². The molecule has 0 spiro atoms. The van der Waals surface area contributed by atoms with Crippen LogP contribution in [0.2, 0.25) is 0 Å². The lowest BCUT2D eigenvalue weighted by atomic mass is 9.83. The van der Waals surface area contributed by atoms with Gasteiger partial charge in [0.25, 0.3) is 0 Å². The average Bonchev–Trinajstić information content (AvgIpc) is 2.61. The highest BCUT2D eigenvalue weighted by atomic mass is 16.3. The molecule has 1 aliphatic carbocycles. The van der Waals surface area contributed by atoms with Gasteiger partial charge in [0.2, 0.25) is 5.91 Å². The van der Waals surface area contributed by atoms with Crippen molar-refractivity contribution in [3.63, 3.8) is 0 Å². The summed E-state index contributed by atoms with van der Waals surface area (Å²) >= 11 is 0. The van der Waals surface area contributed by atoms with E-state index in [1.807, 2.05) is 0 Å². The molecule has 1 saturated heterocycles. The number of rotatable bonds is 2. The molecule has 0 aromatic heterocycles. The van der Waals surface area contributed by atoms with Crippen LogP contribution in [0.25, 0.3) is 0 Å². The highest BCUT2D eigenvalue weighted by molar-refractivity contribution is 5.84. The van der Waals surface area contributed by atoms with Crippen molar-refractivity contribution in [2.75, 3.05) is 19.6 Å². The number of carbonyl (C=O) groups excluding carboxylic acids is 1. The fourth-order valence-corrected chi connectivity index (χ4v) is 2.51. The third-order valence-corrected chi connectivity index (χ3v) is 3.55. The second-order valence-corrected chi connectivity index (χ2v) is 4.56. The maximum Gasteiger partial charge on any atom is 0.230 e. The Balaban J connectivity index is 2.01. The Hall–Kier alpha value is -0.610. The molecule has 2 rings (SSSR count). The van der Waals surface area contributed by atoms with Crippen molar-refractivity contribution in [2.45, 2.75) is 31.8 Å². The van der Waals surface area contributed by atoms with Gasteiger partial charge in [-0.25, -0.2) is 0 Å². The molecule has 0 atom stereocenters. The average molecular weight is 198 g/mol. The van der Waals surface area contributed by atoms with E-state index in [9.17, 15) is 4.79 Å². The number of β-amino-alcohol motifs (C(OH)–C–C–N with tert-alkyl or cyclic N) is 1. The van der Waals surface area contributed by atoms with Crippen LogP contribution in [0.1, 0.15) is 25.7 Å². The van der Waals surface area contributed by atoms with Gasteiger partial charge in [-0.2, -0.15) is 0 Å². The van der Waals surface area contributed by atoms with E-state index in [1.54, 1.807) is 4.90 Å². The van der Waals surface area contributed by atoms with Gasteiger partial charge in [-0.3, -0.25) is 4.79 Å². The maximum absolute atomic E-state index is 12.1. The molecule has 0 bridgehead atoms. The molecule has 0 radical (unpaired) electrons.